The van der Waals surface area contributed by atoms with Crippen LogP contribution in [0.2, 0.25) is 0 Å². The smallest absolute Gasteiger partial charge is 0.273 e. The second-order valence-electron chi connectivity index (χ2n) is 4.24. The van der Waals surface area contributed by atoms with E-state index in [1.165, 1.54) is 6.92 Å². The highest BCUT2D eigenvalue weighted by atomic mass is 32.2. The number of anilines is 1. The molecule has 0 unspecified atom stereocenters. The largest absolute Gasteiger partial charge is 0.321 e. The number of carbonyl (C=O) groups is 2. The average Bonchev–Trinajstić information content (AvgIpc) is 2.39. The number of nitrogens with one attached hydrogen (secondary N) is 1. The summed E-state index contributed by atoms with van der Waals surface area (Å²) in [4.78, 5) is 26.4. The van der Waals surface area contributed by atoms with Crippen LogP contribution < -0.4 is 5.32 Å². The van der Waals surface area contributed by atoms with E-state index in [1.807, 2.05) is 37.3 Å². The lowest BCUT2D eigenvalue weighted by Crippen LogP contribution is -2.38. The van der Waals surface area contributed by atoms with E-state index in [-0.39, 0.29) is 11.8 Å². The van der Waals surface area contributed by atoms with Crippen molar-refractivity contribution in [1.82, 2.24) is 4.90 Å². The number of thioether (sulfide) groups is 1. The van der Waals surface area contributed by atoms with Gasteiger partial charge in [0.25, 0.3) is 5.91 Å². The lowest BCUT2D eigenvalue weighted by Gasteiger charge is -2.29. The van der Waals surface area contributed by atoms with E-state index < -0.39 is 0 Å². The number of hydrogen-bond donors (Lipinski definition) is 1. The Morgan fingerprint density at radius 1 is 1.26 bits per heavy atom. The zero-order valence-corrected chi connectivity index (χ0v) is 11.8. The highest BCUT2D eigenvalue weighted by molar-refractivity contribution is 8.03. The van der Waals surface area contributed by atoms with Gasteiger partial charge in [0.15, 0.2) is 0 Å². The fourth-order valence-electron chi connectivity index (χ4n) is 1.97. The van der Waals surface area contributed by atoms with E-state index in [9.17, 15) is 9.59 Å². The lowest BCUT2D eigenvalue weighted by molar-refractivity contribution is -0.129. The molecule has 4 nitrogen and oxygen atoms in total. The molecule has 2 rings (SSSR count). The molecule has 2 amide bonds. The van der Waals surface area contributed by atoms with Gasteiger partial charge in [-0.05, 0) is 19.1 Å². The molecule has 100 valence electrons. The van der Waals surface area contributed by atoms with Crippen molar-refractivity contribution in [3.05, 3.63) is 40.9 Å². The van der Waals surface area contributed by atoms with Crippen molar-refractivity contribution in [3.63, 3.8) is 0 Å². The molecule has 0 bridgehead atoms. The van der Waals surface area contributed by atoms with Crippen molar-refractivity contribution in [3.8, 4) is 0 Å². The quantitative estimate of drug-likeness (QED) is 0.902. The molecule has 0 saturated carbocycles. The Bertz CT molecular complexity index is 526. The zero-order chi connectivity index (χ0) is 13.8. The Hall–Kier alpha value is -1.75. The van der Waals surface area contributed by atoms with Gasteiger partial charge in [0.2, 0.25) is 5.91 Å². The van der Waals surface area contributed by atoms with Gasteiger partial charge in [-0.2, -0.15) is 0 Å². The van der Waals surface area contributed by atoms with Gasteiger partial charge in [0.05, 0.1) is 0 Å². The molecule has 0 radical (unpaired) electrons. The van der Waals surface area contributed by atoms with Crippen molar-refractivity contribution < 1.29 is 9.59 Å². The minimum atomic E-state index is -0.230. The molecule has 0 saturated heterocycles. The maximum atomic E-state index is 12.3. The summed E-state index contributed by atoms with van der Waals surface area (Å²) in [6.45, 7) is 3.94. The van der Waals surface area contributed by atoms with Crippen LogP contribution >= 0.6 is 11.8 Å². The standard InChI is InChI=1S/C14H16N2O2S/c1-10-13(16(11(2)17)8-9-19-10)14(18)15-12-6-4-3-5-7-12/h3-7H,8-9H2,1-2H3,(H,15,18). The van der Waals surface area contributed by atoms with Gasteiger partial charge in [-0.3, -0.25) is 9.59 Å². The first-order valence-electron chi connectivity index (χ1n) is 6.08. The summed E-state index contributed by atoms with van der Waals surface area (Å²) in [5.74, 6) is 0.497. The average molecular weight is 276 g/mol. The zero-order valence-electron chi connectivity index (χ0n) is 11.0. The maximum Gasteiger partial charge on any atom is 0.273 e. The number of hydrogen-bond acceptors (Lipinski definition) is 3. The number of amides is 2. The van der Waals surface area contributed by atoms with Crippen molar-refractivity contribution >= 4 is 29.3 Å². The number of benzene rings is 1. The van der Waals surface area contributed by atoms with E-state index >= 15 is 0 Å². The molecule has 1 aromatic rings. The monoisotopic (exact) mass is 276 g/mol. The van der Waals surface area contributed by atoms with Crippen LogP contribution in [0.5, 0.6) is 0 Å². The predicted octanol–water partition coefficient (Wildman–Crippen LogP) is 2.45. The molecule has 0 atom stereocenters. The molecule has 1 aromatic carbocycles. The summed E-state index contributed by atoms with van der Waals surface area (Å²) in [6.07, 6.45) is 0. The Morgan fingerprint density at radius 3 is 2.58 bits per heavy atom. The topological polar surface area (TPSA) is 49.4 Å². The van der Waals surface area contributed by atoms with E-state index in [2.05, 4.69) is 5.32 Å². The van der Waals surface area contributed by atoms with Crippen LogP contribution in [0.3, 0.4) is 0 Å². The number of nitrogens with zero attached hydrogens (tertiary/aromatic N) is 1. The molecule has 1 heterocycles. The van der Waals surface area contributed by atoms with Gasteiger partial charge in [0.1, 0.15) is 5.70 Å². The molecule has 1 aliphatic rings. The highest BCUT2D eigenvalue weighted by Gasteiger charge is 2.26. The SMILES string of the molecule is CC(=O)N1CCSC(C)=C1C(=O)Nc1ccccc1. The Labute approximate surface area is 116 Å². The second kappa shape index (κ2) is 5.93. The fourth-order valence-corrected chi connectivity index (χ4v) is 2.89. The first-order valence-corrected chi connectivity index (χ1v) is 7.06. The lowest BCUT2D eigenvalue weighted by atomic mass is 10.2. The van der Waals surface area contributed by atoms with E-state index in [0.717, 1.165) is 16.3 Å². The first kappa shape index (κ1) is 13.7. The van der Waals surface area contributed by atoms with Gasteiger partial charge in [-0.1, -0.05) is 18.2 Å². The van der Waals surface area contributed by atoms with Crippen LogP contribution in [-0.2, 0) is 9.59 Å². The second-order valence-corrected chi connectivity index (χ2v) is 5.55. The molecule has 0 aromatic heterocycles. The molecular formula is C14H16N2O2S. The number of allylic oxidation sites excluding steroid dienone is 1. The van der Waals surface area contributed by atoms with Crippen molar-refractivity contribution in [2.45, 2.75) is 13.8 Å². The van der Waals surface area contributed by atoms with E-state index in [0.29, 0.717) is 12.2 Å². The van der Waals surface area contributed by atoms with Crippen molar-refractivity contribution in [2.24, 2.45) is 0 Å². The van der Waals surface area contributed by atoms with Crippen molar-refractivity contribution in [1.29, 1.82) is 0 Å². The third-order valence-corrected chi connectivity index (χ3v) is 3.88. The Morgan fingerprint density at radius 2 is 1.95 bits per heavy atom. The van der Waals surface area contributed by atoms with Gasteiger partial charge in [-0.25, -0.2) is 0 Å². The molecular weight excluding hydrogens is 260 g/mol. The summed E-state index contributed by atoms with van der Waals surface area (Å²) >= 11 is 1.61. The van der Waals surface area contributed by atoms with Crippen LogP contribution in [0.4, 0.5) is 5.69 Å². The van der Waals surface area contributed by atoms with Crippen LogP contribution in [-0.4, -0.2) is 29.0 Å². The fraction of sp³-hybridized carbons (Fsp3) is 0.286. The number of rotatable bonds is 2. The summed E-state index contributed by atoms with van der Waals surface area (Å²) in [6, 6.07) is 9.24. The number of para-hydroxylation sites is 1. The summed E-state index contributed by atoms with van der Waals surface area (Å²) < 4.78 is 0. The third kappa shape index (κ3) is 3.17. The van der Waals surface area contributed by atoms with Gasteiger partial charge < -0.3 is 10.2 Å². The van der Waals surface area contributed by atoms with Crippen LogP contribution in [0.15, 0.2) is 40.9 Å². The van der Waals surface area contributed by atoms with E-state index in [4.69, 9.17) is 0 Å². The van der Waals surface area contributed by atoms with Crippen molar-refractivity contribution in [2.75, 3.05) is 17.6 Å². The third-order valence-electron chi connectivity index (χ3n) is 2.86. The predicted molar refractivity (Wildman–Crippen MR) is 77.6 cm³/mol. The van der Waals surface area contributed by atoms with Crippen LogP contribution in [0.1, 0.15) is 13.8 Å². The summed E-state index contributed by atoms with van der Waals surface area (Å²) in [5.41, 5.74) is 1.19. The molecule has 0 aliphatic carbocycles. The molecule has 0 fully saturated rings. The molecule has 5 heteroatoms. The minimum absolute atomic E-state index is 0.0992. The van der Waals surface area contributed by atoms with Crippen LogP contribution in [0.25, 0.3) is 0 Å². The van der Waals surface area contributed by atoms with Crippen LogP contribution in [0, 0.1) is 0 Å². The van der Waals surface area contributed by atoms with Gasteiger partial charge >= 0.3 is 0 Å². The normalized spacial score (nSPS) is 15.4. The summed E-state index contributed by atoms with van der Waals surface area (Å²) in [5, 5.41) is 2.82. The highest BCUT2D eigenvalue weighted by Crippen LogP contribution is 2.28. The minimum Gasteiger partial charge on any atom is -0.321 e. The number of carbonyl (C=O) groups excluding carboxylic acids is 2. The molecule has 1 aliphatic heterocycles. The van der Waals surface area contributed by atoms with E-state index in [1.54, 1.807) is 16.7 Å². The maximum absolute atomic E-state index is 12.3. The first-order chi connectivity index (χ1) is 9.09. The molecule has 0 spiro atoms. The van der Waals surface area contributed by atoms with Gasteiger partial charge in [-0.15, -0.1) is 11.8 Å². The summed E-state index contributed by atoms with van der Waals surface area (Å²) in [7, 11) is 0. The molecule has 19 heavy (non-hydrogen) atoms. The molecule has 1 N–H and O–H groups in total. The Balaban J connectivity index is 2.23. The Kier molecular flexibility index (Phi) is 4.27. The van der Waals surface area contributed by atoms with Gasteiger partial charge in [0, 0.05) is 29.8 Å².